The van der Waals surface area contributed by atoms with Crippen LogP contribution >= 0.6 is 11.3 Å². The highest BCUT2D eigenvalue weighted by Gasteiger charge is 2.05. The van der Waals surface area contributed by atoms with Gasteiger partial charge in [0.25, 0.3) is 0 Å². The van der Waals surface area contributed by atoms with Crippen LogP contribution in [0.2, 0.25) is 0 Å². The molecular weight excluding hydrogens is 256 g/mol. The second kappa shape index (κ2) is 7.10. The lowest BCUT2D eigenvalue weighted by Gasteiger charge is -2.04. The van der Waals surface area contributed by atoms with Gasteiger partial charge in [0, 0.05) is 11.3 Å². The number of hydrogen-bond donors (Lipinski definition) is 0. The van der Waals surface area contributed by atoms with Crippen molar-refractivity contribution in [3.05, 3.63) is 52.2 Å². The summed E-state index contributed by atoms with van der Waals surface area (Å²) in [5, 5.41) is 2.06. The second-order valence-corrected chi connectivity index (χ2v) is 5.44. The number of carbonyl (C=O) groups excluding carboxylic acids is 1. The van der Waals surface area contributed by atoms with E-state index in [1.165, 1.54) is 10.4 Å². The van der Waals surface area contributed by atoms with Gasteiger partial charge in [-0.05, 0) is 48.4 Å². The largest absolute Gasteiger partial charge is 0.427 e. The maximum Gasteiger partial charge on any atom is 0.311 e. The van der Waals surface area contributed by atoms with Crippen molar-refractivity contribution in [1.82, 2.24) is 0 Å². The van der Waals surface area contributed by atoms with Gasteiger partial charge < -0.3 is 4.74 Å². The molecule has 0 spiro atoms. The fraction of sp³-hybridized carbons (Fsp3) is 0.312. The minimum atomic E-state index is -0.152. The molecule has 0 N–H and O–H groups in total. The van der Waals surface area contributed by atoms with Crippen molar-refractivity contribution < 1.29 is 9.53 Å². The van der Waals surface area contributed by atoms with Crippen molar-refractivity contribution >= 4 is 17.3 Å². The van der Waals surface area contributed by atoms with Crippen LogP contribution in [0.3, 0.4) is 0 Å². The van der Waals surface area contributed by atoms with Crippen LogP contribution in [0.1, 0.15) is 30.2 Å². The summed E-state index contributed by atoms with van der Waals surface area (Å²) in [6, 6.07) is 11.8. The van der Waals surface area contributed by atoms with Crippen molar-refractivity contribution in [2.75, 3.05) is 0 Å². The molecule has 0 bridgehead atoms. The third kappa shape index (κ3) is 4.52. The summed E-state index contributed by atoms with van der Waals surface area (Å²) in [6.45, 7) is 2.10. The highest BCUT2D eigenvalue weighted by molar-refractivity contribution is 7.09. The quantitative estimate of drug-likeness (QED) is 0.582. The van der Waals surface area contributed by atoms with Crippen molar-refractivity contribution in [3.63, 3.8) is 0 Å². The molecule has 0 unspecified atom stereocenters. The number of rotatable bonds is 6. The Morgan fingerprint density at radius 2 is 2.00 bits per heavy atom. The second-order valence-electron chi connectivity index (χ2n) is 4.40. The van der Waals surface area contributed by atoms with Crippen LogP contribution in [0.15, 0.2) is 41.8 Å². The van der Waals surface area contributed by atoms with Crippen LogP contribution in [0.25, 0.3) is 0 Å². The Morgan fingerprint density at radius 3 is 2.63 bits per heavy atom. The smallest absolute Gasteiger partial charge is 0.311 e. The van der Waals surface area contributed by atoms with Crippen molar-refractivity contribution in [1.29, 1.82) is 0 Å². The zero-order chi connectivity index (χ0) is 13.5. The molecule has 19 heavy (non-hydrogen) atoms. The summed E-state index contributed by atoms with van der Waals surface area (Å²) in [7, 11) is 0. The fourth-order valence-electron chi connectivity index (χ4n) is 1.84. The Kier molecular flexibility index (Phi) is 5.16. The fourth-order valence-corrected chi connectivity index (χ4v) is 2.59. The molecule has 0 atom stereocenters. The summed E-state index contributed by atoms with van der Waals surface area (Å²) in [6.07, 6.45) is 3.25. The number of ether oxygens (including phenoxy) is 1. The van der Waals surface area contributed by atoms with Crippen molar-refractivity contribution in [2.45, 2.75) is 32.6 Å². The molecule has 0 amide bonds. The monoisotopic (exact) mass is 274 g/mol. The third-order valence-corrected chi connectivity index (χ3v) is 3.88. The number of carbonyl (C=O) groups is 1. The van der Waals surface area contributed by atoms with Crippen molar-refractivity contribution in [2.24, 2.45) is 0 Å². The molecule has 0 fully saturated rings. The van der Waals surface area contributed by atoms with Gasteiger partial charge in [0.05, 0.1) is 0 Å². The van der Waals surface area contributed by atoms with Gasteiger partial charge in [-0.1, -0.05) is 25.1 Å². The first-order valence-electron chi connectivity index (χ1n) is 6.60. The Morgan fingerprint density at radius 1 is 1.21 bits per heavy atom. The molecule has 1 aromatic carbocycles. The number of hydrogen-bond acceptors (Lipinski definition) is 3. The molecule has 100 valence electrons. The zero-order valence-corrected chi connectivity index (χ0v) is 11.9. The van der Waals surface area contributed by atoms with Gasteiger partial charge >= 0.3 is 5.97 Å². The van der Waals surface area contributed by atoms with E-state index in [1.807, 2.05) is 30.3 Å². The predicted octanol–water partition coefficient (Wildman–Crippen LogP) is 4.24. The number of thiophene rings is 1. The van der Waals surface area contributed by atoms with Crippen LogP contribution in [0, 0.1) is 0 Å². The van der Waals surface area contributed by atoms with E-state index in [4.69, 9.17) is 4.74 Å². The van der Waals surface area contributed by atoms with E-state index in [0.717, 1.165) is 19.3 Å². The Labute approximate surface area is 118 Å². The van der Waals surface area contributed by atoms with Gasteiger partial charge in [0.15, 0.2) is 0 Å². The van der Waals surface area contributed by atoms with E-state index in [-0.39, 0.29) is 5.97 Å². The van der Waals surface area contributed by atoms with Gasteiger partial charge in [0.2, 0.25) is 0 Å². The van der Waals surface area contributed by atoms with Crippen LogP contribution in [-0.2, 0) is 17.6 Å². The van der Waals surface area contributed by atoms with E-state index >= 15 is 0 Å². The minimum Gasteiger partial charge on any atom is -0.427 e. The molecule has 0 saturated carbocycles. The first kappa shape index (κ1) is 13.8. The van der Waals surface area contributed by atoms with Gasteiger partial charge in [-0.3, -0.25) is 4.79 Å². The summed E-state index contributed by atoms with van der Waals surface area (Å²) >= 11 is 1.73. The van der Waals surface area contributed by atoms with Crippen LogP contribution in [0.5, 0.6) is 5.75 Å². The third-order valence-electron chi connectivity index (χ3n) is 2.95. The molecule has 0 aliphatic rings. The zero-order valence-electron chi connectivity index (χ0n) is 11.1. The Bertz CT molecular complexity index is 500. The molecule has 1 heterocycles. The normalized spacial score (nSPS) is 10.4. The average Bonchev–Trinajstić information content (AvgIpc) is 2.93. The van der Waals surface area contributed by atoms with E-state index in [9.17, 15) is 4.79 Å². The van der Waals surface area contributed by atoms with Gasteiger partial charge in [0.1, 0.15) is 5.75 Å². The molecular formula is C16H18O2S. The maximum atomic E-state index is 11.7. The predicted molar refractivity (Wildman–Crippen MR) is 78.7 cm³/mol. The van der Waals surface area contributed by atoms with E-state index in [1.54, 1.807) is 11.3 Å². The lowest BCUT2D eigenvalue weighted by atomic mass is 10.2. The SMILES string of the molecule is CCc1ccc(OC(=O)CCCc2cccs2)cc1. The lowest BCUT2D eigenvalue weighted by molar-refractivity contribution is -0.134. The van der Waals surface area contributed by atoms with Gasteiger partial charge in [-0.15, -0.1) is 11.3 Å². The Balaban J connectivity index is 1.74. The van der Waals surface area contributed by atoms with E-state index in [0.29, 0.717) is 12.2 Å². The van der Waals surface area contributed by atoms with Gasteiger partial charge in [-0.2, -0.15) is 0 Å². The molecule has 0 saturated heterocycles. The molecule has 3 heteroatoms. The topological polar surface area (TPSA) is 26.3 Å². The van der Waals surface area contributed by atoms with E-state index in [2.05, 4.69) is 18.4 Å². The minimum absolute atomic E-state index is 0.152. The highest BCUT2D eigenvalue weighted by atomic mass is 32.1. The molecule has 1 aromatic heterocycles. The first-order chi connectivity index (χ1) is 9.28. The molecule has 2 aromatic rings. The molecule has 0 aliphatic heterocycles. The summed E-state index contributed by atoms with van der Waals surface area (Å²) in [5.41, 5.74) is 1.25. The summed E-state index contributed by atoms with van der Waals surface area (Å²) < 4.78 is 5.30. The number of esters is 1. The highest BCUT2D eigenvalue weighted by Crippen LogP contribution is 2.15. The molecule has 0 radical (unpaired) electrons. The van der Waals surface area contributed by atoms with Crippen LogP contribution in [0.4, 0.5) is 0 Å². The Hall–Kier alpha value is -1.61. The maximum absolute atomic E-state index is 11.7. The summed E-state index contributed by atoms with van der Waals surface area (Å²) in [4.78, 5) is 13.0. The standard InChI is InChI=1S/C16H18O2S/c1-2-13-8-10-14(11-9-13)18-16(17)7-3-5-15-6-4-12-19-15/h4,6,8-12H,2-3,5,7H2,1H3. The average molecular weight is 274 g/mol. The van der Waals surface area contributed by atoms with E-state index < -0.39 is 0 Å². The first-order valence-corrected chi connectivity index (χ1v) is 7.48. The number of aryl methyl sites for hydroxylation is 2. The number of benzene rings is 1. The van der Waals surface area contributed by atoms with Crippen LogP contribution in [-0.4, -0.2) is 5.97 Å². The molecule has 0 aliphatic carbocycles. The molecule has 2 rings (SSSR count). The van der Waals surface area contributed by atoms with Crippen molar-refractivity contribution in [3.8, 4) is 5.75 Å². The molecule has 2 nitrogen and oxygen atoms in total. The summed E-state index contributed by atoms with van der Waals surface area (Å²) in [5.74, 6) is 0.485. The van der Waals surface area contributed by atoms with Gasteiger partial charge in [-0.25, -0.2) is 0 Å². The lowest BCUT2D eigenvalue weighted by Crippen LogP contribution is -2.07. The van der Waals surface area contributed by atoms with Crippen LogP contribution < -0.4 is 4.74 Å².